The van der Waals surface area contributed by atoms with Gasteiger partial charge in [0.25, 0.3) is 0 Å². The van der Waals surface area contributed by atoms with E-state index in [2.05, 4.69) is 5.32 Å². The van der Waals surface area contributed by atoms with E-state index in [1.807, 2.05) is 51.1 Å². The van der Waals surface area contributed by atoms with Crippen LogP contribution in [0.1, 0.15) is 32.4 Å². The molecule has 0 spiro atoms. The quantitative estimate of drug-likeness (QED) is 0.813. The molecule has 0 radical (unpaired) electrons. The van der Waals surface area contributed by atoms with Gasteiger partial charge in [-0.05, 0) is 18.4 Å². The molecule has 0 aliphatic heterocycles. The van der Waals surface area contributed by atoms with Crippen LogP contribution in [-0.2, 0) is 4.79 Å². The van der Waals surface area contributed by atoms with Crippen LogP contribution in [0.3, 0.4) is 0 Å². The number of carbonyl (C=O) groups excluding carboxylic acids is 1. The molecule has 2 atom stereocenters. The molecule has 0 fully saturated rings. The Bertz CT molecular complexity index is 335. The van der Waals surface area contributed by atoms with E-state index in [9.17, 15) is 4.79 Å². The zero-order valence-electron chi connectivity index (χ0n) is 10.1. The highest BCUT2D eigenvalue weighted by atomic mass is 16.2. The lowest BCUT2D eigenvalue weighted by Crippen LogP contribution is -2.44. The summed E-state index contributed by atoms with van der Waals surface area (Å²) in [7, 11) is 0. The molecule has 0 bridgehead atoms. The van der Waals surface area contributed by atoms with E-state index in [4.69, 9.17) is 5.73 Å². The molecule has 0 saturated carbocycles. The number of hydrogen-bond acceptors (Lipinski definition) is 2. The topological polar surface area (TPSA) is 55.1 Å². The molecular weight excluding hydrogens is 200 g/mol. The molecular formula is C13H20N2O. The molecule has 1 aromatic rings. The zero-order valence-corrected chi connectivity index (χ0v) is 10.1. The van der Waals surface area contributed by atoms with Gasteiger partial charge in [-0.2, -0.15) is 0 Å². The molecule has 0 aromatic heterocycles. The molecule has 1 rings (SSSR count). The van der Waals surface area contributed by atoms with Crippen LogP contribution in [0.5, 0.6) is 0 Å². The van der Waals surface area contributed by atoms with Crippen LogP contribution in [0.15, 0.2) is 30.3 Å². The third kappa shape index (κ3) is 3.35. The van der Waals surface area contributed by atoms with Gasteiger partial charge in [-0.1, -0.05) is 44.2 Å². The molecule has 2 unspecified atom stereocenters. The van der Waals surface area contributed by atoms with Gasteiger partial charge in [-0.25, -0.2) is 0 Å². The molecule has 0 aliphatic rings. The summed E-state index contributed by atoms with van der Waals surface area (Å²) >= 11 is 0. The second-order valence-corrected chi connectivity index (χ2v) is 4.41. The lowest BCUT2D eigenvalue weighted by molar-refractivity contribution is -0.123. The molecule has 0 aliphatic carbocycles. The molecule has 3 nitrogen and oxygen atoms in total. The Labute approximate surface area is 97.0 Å². The van der Waals surface area contributed by atoms with Crippen molar-refractivity contribution in [3.8, 4) is 0 Å². The second-order valence-electron chi connectivity index (χ2n) is 4.41. The van der Waals surface area contributed by atoms with Gasteiger partial charge < -0.3 is 11.1 Å². The van der Waals surface area contributed by atoms with Gasteiger partial charge >= 0.3 is 0 Å². The average molecular weight is 220 g/mol. The number of nitrogens with one attached hydrogen (secondary N) is 1. The van der Waals surface area contributed by atoms with Crippen molar-refractivity contribution < 1.29 is 4.79 Å². The number of amides is 1. The summed E-state index contributed by atoms with van der Waals surface area (Å²) < 4.78 is 0. The Kier molecular flexibility index (Phi) is 4.50. The zero-order chi connectivity index (χ0) is 12.1. The van der Waals surface area contributed by atoms with Gasteiger partial charge in [-0.15, -0.1) is 0 Å². The molecule has 0 saturated heterocycles. The monoisotopic (exact) mass is 220 g/mol. The van der Waals surface area contributed by atoms with E-state index in [-0.39, 0.29) is 17.9 Å². The minimum Gasteiger partial charge on any atom is -0.348 e. The number of benzene rings is 1. The minimum atomic E-state index is -0.439. The van der Waals surface area contributed by atoms with Crippen LogP contribution < -0.4 is 11.1 Å². The van der Waals surface area contributed by atoms with Crippen LogP contribution in [0.2, 0.25) is 0 Å². The van der Waals surface area contributed by atoms with Crippen molar-refractivity contribution in [3.63, 3.8) is 0 Å². The van der Waals surface area contributed by atoms with Crippen LogP contribution in [0.25, 0.3) is 0 Å². The van der Waals surface area contributed by atoms with Crippen molar-refractivity contribution >= 4 is 5.91 Å². The normalized spacial score (nSPS) is 14.6. The van der Waals surface area contributed by atoms with E-state index < -0.39 is 6.04 Å². The van der Waals surface area contributed by atoms with Gasteiger partial charge in [0.15, 0.2) is 0 Å². The molecule has 1 aromatic carbocycles. The van der Waals surface area contributed by atoms with Crippen molar-refractivity contribution in [2.45, 2.75) is 32.9 Å². The predicted molar refractivity (Wildman–Crippen MR) is 65.8 cm³/mol. The smallest absolute Gasteiger partial charge is 0.237 e. The minimum absolute atomic E-state index is 0.00139. The summed E-state index contributed by atoms with van der Waals surface area (Å²) in [6, 6.07) is 9.42. The first kappa shape index (κ1) is 12.7. The molecule has 88 valence electrons. The summed E-state index contributed by atoms with van der Waals surface area (Å²) in [6.07, 6.45) is 0. The summed E-state index contributed by atoms with van der Waals surface area (Å²) in [5, 5.41) is 2.91. The van der Waals surface area contributed by atoms with Gasteiger partial charge in [0.2, 0.25) is 5.91 Å². The highest BCUT2D eigenvalue weighted by Gasteiger charge is 2.19. The van der Waals surface area contributed by atoms with E-state index in [0.29, 0.717) is 0 Å². The van der Waals surface area contributed by atoms with Crippen LogP contribution >= 0.6 is 0 Å². The average Bonchev–Trinajstić information content (AvgIpc) is 2.28. The lowest BCUT2D eigenvalue weighted by atomic mass is 10.0. The Morgan fingerprint density at radius 2 is 1.75 bits per heavy atom. The van der Waals surface area contributed by atoms with Crippen LogP contribution in [-0.4, -0.2) is 11.9 Å². The Hall–Kier alpha value is -1.35. The summed E-state index contributed by atoms with van der Waals surface area (Å²) in [5.41, 5.74) is 6.86. The van der Waals surface area contributed by atoms with Crippen molar-refractivity contribution in [3.05, 3.63) is 35.9 Å². The fourth-order valence-corrected chi connectivity index (χ4v) is 1.44. The van der Waals surface area contributed by atoms with E-state index in [1.54, 1.807) is 0 Å². The SMILES string of the molecule is CC(NC(=O)C(N)C(C)C)c1ccccc1. The second kappa shape index (κ2) is 5.66. The van der Waals surface area contributed by atoms with E-state index in [1.165, 1.54) is 0 Å². The first-order valence-corrected chi connectivity index (χ1v) is 5.63. The lowest BCUT2D eigenvalue weighted by Gasteiger charge is -2.19. The first-order valence-electron chi connectivity index (χ1n) is 5.63. The third-order valence-corrected chi connectivity index (χ3v) is 2.68. The van der Waals surface area contributed by atoms with Gasteiger partial charge in [0.1, 0.15) is 0 Å². The van der Waals surface area contributed by atoms with Gasteiger partial charge in [0.05, 0.1) is 12.1 Å². The van der Waals surface area contributed by atoms with Crippen molar-refractivity contribution in [1.82, 2.24) is 5.32 Å². The number of carbonyl (C=O) groups is 1. The standard InChI is InChI=1S/C13H20N2O/c1-9(2)12(14)13(16)15-10(3)11-7-5-4-6-8-11/h4-10,12H,14H2,1-3H3,(H,15,16). The highest BCUT2D eigenvalue weighted by molar-refractivity contribution is 5.82. The number of hydrogen-bond donors (Lipinski definition) is 2. The molecule has 16 heavy (non-hydrogen) atoms. The number of nitrogens with two attached hydrogens (primary N) is 1. The maximum Gasteiger partial charge on any atom is 0.237 e. The fourth-order valence-electron chi connectivity index (χ4n) is 1.44. The largest absolute Gasteiger partial charge is 0.348 e. The third-order valence-electron chi connectivity index (χ3n) is 2.68. The van der Waals surface area contributed by atoms with Gasteiger partial charge in [-0.3, -0.25) is 4.79 Å². The van der Waals surface area contributed by atoms with Crippen LogP contribution in [0.4, 0.5) is 0 Å². The highest BCUT2D eigenvalue weighted by Crippen LogP contribution is 2.11. The van der Waals surface area contributed by atoms with E-state index in [0.717, 1.165) is 5.56 Å². The maximum atomic E-state index is 11.7. The first-order chi connectivity index (χ1) is 7.52. The summed E-state index contributed by atoms with van der Waals surface area (Å²) in [5.74, 6) is 0.0642. The van der Waals surface area contributed by atoms with Crippen molar-refractivity contribution in [2.24, 2.45) is 11.7 Å². The number of rotatable bonds is 4. The molecule has 3 N–H and O–H groups in total. The molecule has 3 heteroatoms. The summed E-state index contributed by atoms with van der Waals surface area (Å²) in [6.45, 7) is 5.84. The van der Waals surface area contributed by atoms with Crippen molar-refractivity contribution in [2.75, 3.05) is 0 Å². The maximum absolute atomic E-state index is 11.7. The van der Waals surface area contributed by atoms with Crippen LogP contribution in [0, 0.1) is 5.92 Å². The van der Waals surface area contributed by atoms with Crippen molar-refractivity contribution in [1.29, 1.82) is 0 Å². The Morgan fingerprint density at radius 3 is 2.25 bits per heavy atom. The Balaban J connectivity index is 2.58. The predicted octanol–water partition coefficient (Wildman–Crippen LogP) is 1.85. The fraction of sp³-hybridized carbons (Fsp3) is 0.462. The summed E-state index contributed by atoms with van der Waals surface area (Å²) in [4.78, 5) is 11.7. The Morgan fingerprint density at radius 1 is 1.19 bits per heavy atom. The van der Waals surface area contributed by atoms with Gasteiger partial charge in [0, 0.05) is 0 Å². The molecule has 1 amide bonds. The van der Waals surface area contributed by atoms with E-state index >= 15 is 0 Å². The molecule has 0 heterocycles.